The molecule has 2 aromatic rings. The number of carbonyl (C=O) groups excluding carboxylic acids is 2. The van der Waals surface area contributed by atoms with Crippen LogP contribution in [0, 0.1) is 5.92 Å². The number of thiocarbonyl (C=S) groups is 1. The van der Waals surface area contributed by atoms with E-state index in [4.69, 9.17) is 21.7 Å². The van der Waals surface area contributed by atoms with Crippen LogP contribution in [0.2, 0.25) is 0 Å². The third-order valence-corrected chi connectivity index (χ3v) is 5.05. The lowest BCUT2D eigenvalue weighted by Crippen LogP contribution is -2.34. The second kappa shape index (κ2) is 11.6. The van der Waals surface area contributed by atoms with Crippen molar-refractivity contribution in [3.8, 4) is 5.75 Å². The van der Waals surface area contributed by atoms with E-state index in [9.17, 15) is 9.59 Å². The molecule has 2 aromatic carbocycles. The van der Waals surface area contributed by atoms with Gasteiger partial charge in [-0.25, -0.2) is 0 Å². The Hall–Kier alpha value is -2.97. The molecule has 1 fully saturated rings. The van der Waals surface area contributed by atoms with Gasteiger partial charge < -0.3 is 20.1 Å². The molecule has 0 bridgehead atoms. The van der Waals surface area contributed by atoms with Gasteiger partial charge in [-0.05, 0) is 79.5 Å². The molecule has 1 aliphatic rings. The monoisotopic (exact) mass is 455 g/mol. The quantitative estimate of drug-likeness (QED) is 0.526. The second-order valence-corrected chi connectivity index (χ2v) is 8.47. The lowest BCUT2D eigenvalue weighted by atomic mass is 10.2. The fourth-order valence-electron chi connectivity index (χ4n) is 3.12. The molecule has 3 N–H and O–H groups in total. The number of nitrogens with one attached hydrogen (secondary N) is 3. The van der Waals surface area contributed by atoms with Gasteiger partial charge in [-0.15, -0.1) is 0 Å². The minimum atomic E-state index is -0.317. The Kier molecular flexibility index (Phi) is 8.58. The van der Waals surface area contributed by atoms with Crippen LogP contribution < -0.4 is 20.7 Å². The summed E-state index contributed by atoms with van der Waals surface area (Å²) in [4.78, 5) is 24.7. The maximum absolute atomic E-state index is 12.4. The molecule has 2 amide bonds. The predicted octanol–water partition coefficient (Wildman–Crippen LogP) is 3.76. The number of rotatable bonds is 8. The number of hydrogen-bond donors (Lipinski definition) is 3. The Morgan fingerprint density at radius 2 is 1.72 bits per heavy atom. The number of amides is 2. The van der Waals surface area contributed by atoms with E-state index in [-0.39, 0.29) is 23.0 Å². The Balaban J connectivity index is 1.45. The highest BCUT2D eigenvalue weighted by Gasteiger charge is 2.16. The average molecular weight is 456 g/mol. The number of ether oxygens (including phenoxy) is 2. The van der Waals surface area contributed by atoms with Crippen molar-refractivity contribution in [2.24, 2.45) is 5.92 Å². The van der Waals surface area contributed by atoms with Crippen LogP contribution in [0.5, 0.6) is 5.75 Å². The van der Waals surface area contributed by atoms with Gasteiger partial charge >= 0.3 is 0 Å². The summed E-state index contributed by atoms with van der Waals surface area (Å²) in [5.74, 6) is 0.680. The fourth-order valence-corrected chi connectivity index (χ4v) is 3.33. The lowest BCUT2D eigenvalue weighted by molar-refractivity contribution is 0.0857. The molecule has 0 radical (unpaired) electrons. The van der Waals surface area contributed by atoms with Gasteiger partial charge in [-0.1, -0.05) is 13.8 Å². The summed E-state index contributed by atoms with van der Waals surface area (Å²) >= 11 is 5.23. The molecule has 8 heteroatoms. The third kappa shape index (κ3) is 7.32. The summed E-state index contributed by atoms with van der Waals surface area (Å²) in [6.07, 6.45) is 2.11. The molecule has 1 heterocycles. The molecule has 1 aliphatic heterocycles. The highest BCUT2D eigenvalue weighted by Crippen LogP contribution is 2.14. The molecule has 0 aliphatic carbocycles. The minimum absolute atomic E-state index is 0.102. The van der Waals surface area contributed by atoms with E-state index in [2.05, 4.69) is 29.8 Å². The van der Waals surface area contributed by atoms with Gasteiger partial charge in [0, 0.05) is 30.0 Å². The van der Waals surface area contributed by atoms with Crippen molar-refractivity contribution in [3.05, 3.63) is 59.7 Å². The molecule has 0 aromatic heterocycles. The first-order chi connectivity index (χ1) is 15.4. The van der Waals surface area contributed by atoms with Gasteiger partial charge in [0.1, 0.15) is 5.75 Å². The molecule has 0 spiro atoms. The molecule has 1 atom stereocenters. The SMILES string of the molecule is CC(C)COc1ccc(C(=O)NC(=S)Nc2ccc(C(=O)NCC3CCCO3)cc2)cc1. The van der Waals surface area contributed by atoms with Crippen molar-refractivity contribution in [2.45, 2.75) is 32.8 Å². The molecular formula is C24H29N3O4S. The molecule has 7 nitrogen and oxygen atoms in total. The summed E-state index contributed by atoms with van der Waals surface area (Å²) in [6.45, 7) is 6.04. The van der Waals surface area contributed by atoms with Gasteiger partial charge in [0.2, 0.25) is 0 Å². The van der Waals surface area contributed by atoms with E-state index in [1.807, 2.05) is 0 Å². The lowest BCUT2D eigenvalue weighted by Gasteiger charge is -2.12. The first-order valence-corrected chi connectivity index (χ1v) is 11.2. The number of benzene rings is 2. The first kappa shape index (κ1) is 23.7. The van der Waals surface area contributed by atoms with Gasteiger partial charge in [0.05, 0.1) is 12.7 Å². The van der Waals surface area contributed by atoms with Crippen LogP contribution in [0.4, 0.5) is 5.69 Å². The Labute approximate surface area is 193 Å². The van der Waals surface area contributed by atoms with E-state index in [1.54, 1.807) is 48.5 Å². The maximum atomic E-state index is 12.4. The standard InChI is InChI=1S/C24H29N3O4S/c1-16(2)15-31-20-11-7-18(8-12-20)23(29)27-24(32)26-19-9-5-17(6-10-19)22(28)25-14-21-4-3-13-30-21/h5-12,16,21H,3-4,13-15H2,1-2H3,(H,25,28)(H2,26,27,29,32). The fraction of sp³-hybridized carbons (Fsp3) is 0.375. The molecular weight excluding hydrogens is 426 g/mol. The van der Waals surface area contributed by atoms with Gasteiger partial charge in [0.25, 0.3) is 11.8 Å². The van der Waals surface area contributed by atoms with Crippen LogP contribution in [-0.2, 0) is 4.74 Å². The van der Waals surface area contributed by atoms with Gasteiger partial charge in [-0.2, -0.15) is 0 Å². The van der Waals surface area contributed by atoms with E-state index in [0.29, 0.717) is 35.9 Å². The molecule has 0 saturated carbocycles. The van der Waals surface area contributed by atoms with Gasteiger partial charge in [0.15, 0.2) is 5.11 Å². The Morgan fingerprint density at radius 3 is 2.34 bits per heavy atom. The van der Waals surface area contributed by atoms with Crippen LogP contribution in [-0.4, -0.2) is 42.8 Å². The van der Waals surface area contributed by atoms with Crippen molar-refractivity contribution in [2.75, 3.05) is 25.1 Å². The van der Waals surface area contributed by atoms with E-state index in [0.717, 1.165) is 25.2 Å². The molecule has 32 heavy (non-hydrogen) atoms. The number of anilines is 1. The topological polar surface area (TPSA) is 88.7 Å². The smallest absolute Gasteiger partial charge is 0.257 e. The van der Waals surface area contributed by atoms with Crippen molar-refractivity contribution in [1.82, 2.24) is 10.6 Å². The van der Waals surface area contributed by atoms with Crippen molar-refractivity contribution >= 4 is 34.8 Å². The highest BCUT2D eigenvalue weighted by atomic mass is 32.1. The normalized spacial score (nSPS) is 15.3. The number of hydrogen-bond acceptors (Lipinski definition) is 5. The largest absolute Gasteiger partial charge is 0.493 e. The van der Waals surface area contributed by atoms with E-state index in [1.165, 1.54) is 0 Å². The first-order valence-electron chi connectivity index (χ1n) is 10.8. The molecule has 1 unspecified atom stereocenters. The predicted molar refractivity (Wildman–Crippen MR) is 128 cm³/mol. The number of carbonyl (C=O) groups is 2. The van der Waals surface area contributed by atoms with Crippen LogP contribution in [0.15, 0.2) is 48.5 Å². The van der Waals surface area contributed by atoms with Crippen LogP contribution in [0.3, 0.4) is 0 Å². The Morgan fingerprint density at radius 1 is 1.06 bits per heavy atom. The zero-order valence-corrected chi connectivity index (χ0v) is 19.2. The van der Waals surface area contributed by atoms with Crippen molar-refractivity contribution in [1.29, 1.82) is 0 Å². The molecule has 3 rings (SSSR count). The third-order valence-electron chi connectivity index (χ3n) is 4.85. The molecule has 170 valence electrons. The highest BCUT2D eigenvalue weighted by molar-refractivity contribution is 7.80. The van der Waals surface area contributed by atoms with E-state index >= 15 is 0 Å². The maximum Gasteiger partial charge on any atom is 0.257 e. The summed E-state index contributed by atoms with van der Waals surface area (Å²) in [5, 5.41) is 8.66. The van der Waals surface area contributed by atoms with E-state index < -0.39 is 0 Å². The van der Waals surface area contributed by atoms with Crippen LogP contribution in [0.25, 0.3) is 0 Å². The summed E-state index contributed by atoms with van der Waals surface area (Å²) in [5.41, 5.74) is 1.69. The Bertz CT molecular complexity index is 923. The minimum Gasteiger partial charge on any atom is -0.493 e. The van der Waals surface area contributed by atoms with Crippen LogP contribution >= 0.6 is 12.2 Å². The van der Waals surface area contributed by atoms with Crippen LogP contribution in [0.1, 0.15) is 47.4 Å². The van der Waals surface area contributed by atoms with Crippen molar-refractivity contribution < 1.29 is 19.1 Å². The van der Waals surface area contributed by atoms with Crippen molar-refractivity contribution in [3.63, 3.8) is 0 Å². The second-order valence-electron chi connectivity index (χ2n) is 8.06. The summed E-state index contributed by atoms with van der Waals surface area (Å²) in [7, 11) is 0. The average Bonchev–Trinajstić information content (AvgIpc) is 3.30. The zero-order chi connectivity index (χ0) is 22.9. The zero-order valence-electron chi connectivity index (χ0n) is 18.4. The summed E-state index contributed by atoms with van der Waals surface area (Å²) in [6, 6.07) is 13.8. The summed E-state index contributed by atoms with van der Waals surface area (Å²) < 4.78 is 11.1. The molecule has 1 saturated heterocycles. The van der Waals surface area contributed by atoms with Gasteiger partial charge in [-0.3, -0.25) is 14.9 Å².